The number of carbonyl (C=O) groups is 1. The Morgan fingerprint density at radius 3 is 2.84 bits per heavy atom. The lowest BCUT2D eigenvalue weighted by Gasteiger charge is -2.03. The first kappa shape index (κ1) is 16.7. The van der Waals surface area contributed by atoms with Gasteiger partial charge in [0.05, 0.1) is 11.1 Å². The number of nitrogens with one attached hydrogen (secondary N) is 1. The number of aromatic hydroxyl groups is 1. The molecule has 10 heteroatoms. The molecule has 1 aliphatic heterocycles. The molecule has 9 nitrogen and oxygen atoms in total. The standard InChI is InChI=1S/C15H10BrN3O6/c16-10-3-9(14(20)11(5-10)19(22)23)6-17-18-15(21)8-1-2-12-13(4-8)25-7-24-12/h1-6,20H,7H2,(H,18,21). The van der Waals surface area contributed by atoms with E-state index in [9.17, 15) is 20.0 Å². The average Bonchev–Trinajstić information content (AvgIpc) is 3.04. The molecule has 2 aromatic carbocycles. The monoisotopic (exact) mass is 407 g/mol. The summed E-state index contributed by atoms with van der Waals surface area (Å²) in [7, 11) is 0. The lowest BCUT2D eigenvalue weighted by atomic mass is 10.2. The van der Waals surface area contributed by atoms with Crippen LogP contribution in [0.2, 0.25) is 0 Å². The largest absolute Gasteiger partial charge is 0.502 e. The topological polar surface area (TPSA) is 123 Å². The maximum absolute atomic E-state index is 12.1. The molecule has 1 heterocycles. The molecule has 2 N–H and O–H groups in total. The van der Waals surface area contributed by atoms with Gasteiger partial charge >= 0.3 is 5.69 Å². The van der Waals surface area contributed by atoms with Gasteiger partial charge in [0.15, 0.2) is 11.5 Å². The molecule has 3 rings (SSSR count). The van der Waals surface area contributed by atoms with E-state index >= 15 is 0 Å². The summed E-state index contributed by atoms with van der Waals surface area (Å²) < 4.78 is 10.7. The lowest BCUT2D eigenvalue weighted by Crippen LogP contribution is -2.17. The molecule has 0 spiro atoms. The van der Waals surface area contributed by atoms with Crippen LogP contribution in [-0.2, 0) is 0 Å². The molecule has 0 saturated heterocycles. The molecule has 128 valence electrons. The van der Waals surface area contributed by atoms with E-state index in [-0.39, 0.29) is 12.4 Å². The van der Waals surface area contributed by atoms with Crippen LogP contribution >= 0.6 is 15.9 Å². The summed E-state index contributed by atoms with van der Waals surface area (Å²) in [5.41, 5.74) is 2.17. The summed E-state index contributed by atoms with van der Waals surface area (Å²) in [6, 6.07) is 7.25. The van der Waals surface area contributed by atoms with E-state index in [2.05, 4.69) is 26.5 Å². The molecule has 0 fully saturated rings. The molecule has 0 saturated carbocycles. The highest BCUT2D eigenvalue weighted by molar-refractivity contribution is 9.10. The van der Waals surface area contributed by atoms with E-state index in [1.54, 1.807) is 12.1 Å². The number of hydrazone groups is 1. The minimum atomic E-state index is -0.720. The van der Waals surface area contributed by atoms with Crippen LogP contribution in [0, 0.1) is 10.1 Å². The van der Waals surface area contributed by atoms with Crippen LogP contribution in [0.1, 0.15) is 15.9 Å². The summed E-state index contributed by atoms with van der Waals surface area (Å²) in [4.78, 5) is 22.2. The maximum atomic E-state index is 12.1. The third-order valence-corrected chi connectivity index (χ3v) is 3.74. The Balaban J connectivity index is 1.75. The van der Waals surface area contributed by atoms with Crippen LogP contribution in [-0.4, -0.2) is 28.9 Å². The van der Waals surface area contributed by atoms with E-state index in [0.29, 0.717) is 21.5 Å². The highest BCUT2D eigenvalue weighted by atomic mass is 79.9. The van der Waals surface area contributed by atoms with Crippen molar-refractivity contribution in [3.05, 3.63) is 56.0 Å². The Morgan fingerprint density at radius 2 is 2.08 bits per heavy atom. The third-order valence-electron chi connectivity index (χ3n) is 3.29. The maximum Gasteiger partial charge on any atom is 0.312 e. The number of nitrogens with zero attached hydrogens (tertiary/aromatic N) is 2. The fourth-order valence-corrected chi connectivity index (χ4v) is 2.57. The van der Waals surface area contributed by atoms with E-state index in [1.807, 2.05) is 0 Å². The molecule has 0 aliphatic carbocycles. The van der Waals surface area contributed by atoms with Crippen molar-refractivity contribution in [3.8, 4) is 17.2 Å². The number of hydrogen-bond donors (Lipinski definition) is 2. The first-order valence-corrected chi connectivity index (χ1v) is 7.65. The molecule has 1 aliphatic rings. The molecule has 25 heavy (non-hydrogen) atoms. The molecule has 1 amide bonds. The zero-order valence-electron chi connectivity index (χ0n) is 12.4. The smallest absolute Gasteiger partial charge is 0.312 e. The fraction of sp³-hybridized carbons (Fsp3) is 0.0667. The summed E-state index contributed by atoms with van der Waals surface area (Å²) in [5.74, 6) is -0.0591. The van der Waals surface area contributed by atoms with Crippen molar-refractivity contribution in [1.29, 1.82) is 0 Å². The minimum Gasteiger partial charge on any atom is -0.502 e. The van der Waals surface area contributed by atoms with Crippen molar-refractivity contribution in [2.75, 3.05) is 6.79 Å². The number of rotatable bonds is 4. The molecule has 0 radical (unpaired) electrons. The van der Waals surface area contributed by atoms with E-state index in [1.165, 1.54) is 12.1 Å². The Labute approximate surface area is 149 Å². The van der Waals surface area contributed by atoms with Crippen LogP contribution in [0.15, 0.2) is 39.9 Å². The number of phenolic OH excluding ortho intramolecular Hbond substituents is 1. The van der Waals surface area contributed by atoms with Crippen LogP contribution in [0.3, 0.4) is 0 Å². The van der Waals surface area contributed by atoms with Gasteiger partial charge in [0.1, 0.15) is 0 Å². The number of phenols is 1. The van der Waals surface area contributed by atoms with Gasteiger partial charge in [0.2, 0.25) is 12.5 Å². The summed E-state index contributed by atoms with van der Waals surface area (Å²) >= 11 is 3.11. The number of carbonyl (C=O) groups excluding carboxylic acids is 1. The van der Waals surface area contributed by atoms with Gasteiger partial charge in [-0.2, -0.15) is 5.10 Å². The van der Waals surface area contributed by atoms with Gasteiger partial charge in [-0.15, -0.1) is 0 Å². The number of fused-ring (bicyclic) bond motifs is 1. The second kappa shape index (κ2) is 6.77. The number of nitro groups is 1. The number of amides is 1. The second-order valence-electron chi connectivity index (χ2n) is 4.89. The summed E-state index contributed by atoms with van der Waals surface area (Å²) in [5, 5.41) is 24.5. The Hall–Kier alpha value is -3.14. The van der Waals surface area contributed by atoms with Crippen molar-refractivity contribution < 1.29 is 24.3 Å². The van der Waals surface area contributed by atoms with Gasteiger partial charge in [-0.05, 0) is 24.3 Å². The van der Waals surface area contributed by atoms with Crippen LogP contribution in [0.25, 0.3) is 0 Å². The Kier molecular flexibility index (Phi) is 4.52. The van der Waals surface area contributed by atoms with Gasteiger partial charge in [0, 0.05) is 21.7 Å². The summed E-state index contributed by atoms with van der Waals surface area (Å²) in [6.07, 6.45) is 1.11. The Bertz CT molecular complexity index is 899. The van der Waals surface area contributed by atoms with Crippen molar-refractivity contribution in [2.24, 2.45) is 5.10 Å². The molecular formula is C15H10BrN3O6. The third kappa shape index (κ3) is 3.53. The molecule has 0 bridgehead atoms. The summed E-state index contributed by atoms with van der Waals surface area (Å²) in [6.45, 7) is 0.0967. The number of ether oxygens (including phenoxy) is 2. The normalized spacial score (nSPS) is 12.4. The molecular weight excluding hydrogens is 398 g/mol. The predicted octanol–water partition coefficient (Wildman–Crippen LogP) is 2.56. The molecule has 0 unspecified atom stereocenters. The van der Waals surface area contributed by atoms with Gasteiger partial charge in [-0.1, -0.05) is 15.9 Å². The van der Waals surface area contributed by atoms with Crippen LogP contribution in [0.5, 0.6) is 17.2 Å². The fourth-order valence-electron chi connectivity index (χ4n) is 2.11. The molecule has 0 aromatic heterocycles. The van der Waals surface area contributed by atoms with Crippen molar-refractivity contribution in [2.45, 2.75) is 0 Å². The SMILES string of the molecule is O=C(NN=Cc1cc(Br)cc([N+](=O)[O-])c1O)c1ccc2c(c1)OCO2. The van der Waals surface area contributed by atoms with Gasteiger partial charge in [0.25, 0.3) is 5.91 Å². The first-order chi connectivity index (χ1) is 12.0. The van der Waals surface area contributed by atoms with E-state index in [4.69, 9.17) is 9.47 Å². The van der Waals surface area contributed by atoms with Gasteiger partial charge in [-0.25, -0.2) is 5.43 Å². The predicted molar refractivity (Wildman–Crippen MR) is 90.1 cm³/mol. The second-order valence-corrected chi connectivity index (χ2v) is 5.80. The lowest BCUT2D eigenvalue weighted by molar-refractivity contribution is -0.385. The zero-order chi connectivity index (χ0) is 18.0. The minimum absolute atomic E-state index is 0.0760. The van der Waals surface area contributed by atoms with E-state index < -0.39 is 22.3 Å². The van der Waals surface area contributed by atoms with Crippen molar-refractivity contribution in [1.82, 2.24) is 5.43 Å². The van der Waals surface area contributed by atoms with E-state index in [0.717, 1.165) is 12.3 Å². The highest BCUT2D eigenvalue weighted by Crippen LogP contribution is 2.33. The van der Waals surface area contributed by atoms with Gasteiger partial charge in [-0.3, -0.25) is 14.9 Å². The quantitative estimate of drug-likeness (QED) is 0.455. The highest BCUT2D eigenvalue weighted by Gasteiger charge is 2.18. The Morgan fingerprint density at radius 1 is 1.32 bits per heavy atom. The molecule has 2 aromatic rings. The van der Waals surface area contributed by atoms with Gasteiger partial charge < -0.3 is 14.6 Å². The van der Waals surface area contributed by atoms with Crippen molar-refractivity contribution in [3.63, 3.8) is 0 Å². The number of halogens is 1. The number of benzene rings is 2. The number of nitro benzene ring substituents is 1. The van der Waals surface area contributed by atoms with Crippen LogP contribution in [0.4, 0.5) is 5.69 Å². The number of hydrogen-bond acceptors (Lipinski definition) is 7. The van der Waals surface area contributed by atoms with Crippen LogP contribution < -0.4 is 14.9 Å². The zero-order valence-corrected chi connectivity index (χ0v) is 14.0. The average molecular weight is 408 g/mol. The molecule has 0 atom stereocenters. The van der Waals surface area contributed by atoms with Crippen molar-refractivity contribution >= 4 is 33.7 Å². The first-order valence-electron chi connectivity index (χ1n) is 6.85.